The van der Waals surface area contributed by atoms with Crippen LogP contribution in [0.15, 0.2) is 42.6 Å². The first kappa shape index (κ1) is 23.3. The molecule has 8 nitrogen and oxygen atoms in total. The monoisotopic (exact) mass is 463 g/mol. The van der Waals surface area contributed by atoms with Crippen molar-refractivity contribution in [1.82, 2.24) is 4.98 Å². The largest absolute Gasteiger partial charge is 0.507 e. The van der Waals surface area contributed by atoms with E-state index in [1.807, 2.05) is 0 Å². The van der Waals surface area contributed by atoms with Crippen LogP contribution in [0.1, 0.15) is 69.2 Å². The average molecular weight is 463 g/mol. The van der Waals surface area contributed by atoms with Crippen LogP contribution in [-0.2, 0) is 20.9 Å². The summed E-state index contributed by atoms with van der Waals surface area (Å²) in [7, 11) is 1.25. The van der Waals surface area contributed by atoms with Gasteiger partial charge in [-0.1, -0.05) is 30.3 Å². The molecule has 2 heterocycles. The van der Waals surface area contributed by atoms with Gasteiger partial charge >= 0.3 is 5.97 Å². The number of methoxy groups -OCH3 is 1. The summed E-state index contributed by atoms with van der Waals surface area (Å²) in [5.41, 5.74) is 2.31. The van der Waals surface area contributed by atoms with Crippen LogP contribution in [0.25, 0.3) is 0 Å². The van der Waals surface area contributed by atoms with Gasteiger partial charge in [-0.05, 0) is 25.5 Å². The standard InChI is InChI=1S/C26H25NO7/c1-13-23(30)21-16(11-27-13)12-34-26(21)19-9-17(14(2)28)24(31)22(25(19)32)18(10-20(29)33-3)15-7-5-4-6-8-15/h4-9,11,18,26,30-32H,10,12H2,1-3H3/t18-,26-/m0/s1. The fraction of sp³-hybridized carbons (Fsp3) is 0.269. The second kappa shape index (κ2) is 9.15. The topological polar surface area (TPSA) is 126 Å². The molecule has 0 aliphatic carbocycles. The van der Waals surface area contributed by atoms with E-state index in [0.717, 1.165) is 0 Å². The molecule has 1 aliphatic rings. The van der Waals surface area contributed by atoms with E-state index in [1.165, 1.54) is 20.1 Å². The van der Waals surface area contributed by atoms with Gasteiger partial charge in [-0.2, -0.15) is 0 Å². The van der Waals surface area contributed by atoms with Gasteiger partial charge in [-0.25, -0.2) is 0 Å². The molecule has 2 aromatic carbocycles. The van der Waals surface area contributed by atoms with Gasteiger partial charge in [0, 0.05) is 34.4 Å². The Morgan fingerprint density at radius 1 is 1.15 bits per heavy atom. The molecule has 1 aliphatic heterocycles. The number of carbonyl (C=O) groups excluding carboxylic acids is 2. The summed E-state index contributed by atoms with van der Waals surface area (Å²) in [6, 6.07) is 10.2. The van der Waals surface area contributed by atoms with Gasteiger partial charge in [-0.15, -0.1) is 0 Å². The molecule has 0 bridgehead atoms. The van der Waals surface area contributed by atoms with Crippen molar-refractivity contribution < 1.29 is 34.4 Å². The summed E-state index contributed by atoms with van der Waals surface area (Å²) < 4.78 is 10.8. The van der Waals surface area contributed by atoms with Gasteiger partial charge in [-0.3, -0.25) is 14.6 Å². The Hall–Kier alpha value is -3.91. The molecule has 0 fully saturated rings. The van der Waals surface area contributed by atoms with E-state index in [2.05, 4.69) is 4.98 Å². The van der Waals surface area contributed by atoms with Gasteiger partial charge in [0.05, 0.1) is 31.4 Å². The SMILES string of the molecule is COC(=O)C[C@@H](c1ccccc1)c1c(O)c(C(C)=O)cc([C@@H]2OCc3cnc(C)c(O)c32)c1O. The third kappa shape index (κ3) is 3.97. The lowest BCUT2D eigenvalue weighted by atomic mass is 9.83. The zero-order chi connectivity index (χ0) is 24.6. The molecule has 0 unspecified atom stereocenters. The van der Waals surface area contributed by atoms with Crippen LogP contribution in [0.2, 0.25) is 0 Å². The number of esters is 1. The molecule has 2 atom stereocenters. The lowest BCUT2D eigenvalue weighted by Crippen LogP contribution is -2.13. The maximum Gasteiger partial charge on any atom is 0.306 e. The number of benzene rings is 2. The molecule has 3 aromatic rings. The Balaban J connectivity index is 1.98. The first-order valence-electron chi connectivity index (χ1n) is 10.7. The summed E-state index contributed by atoms with van der Waals surface area (Å²) >= 11 is 0. The Kier molecular flexibility index (Phi) is 6.26. The number of carbonyl (C=O) groups is 2. The molecule has 34 heavy (non-hydrogen) atoms. The Labute approximate surface area is 196 Å². The van der Waals surface area contributed by atoms with Crippen molar-refractivity contribution in [3.63, 3.8) is 0 Å². The quantitative estimate of drug-likeness (QED) is 0.370. The van der Waals surface area contributed by atoms with E-state index < -0.39 is 29.5 Å². The predicted octanol–water partition coefficient (Wildman–Crippen LogP) is 4.02. The highest BCUT2D eigenvalue weighted by molar-refractivity contribution is 5.98. The van der Waals surface area contributed by atoms with E-state index in [9.17, 15) is 24.9 Å². The van der Waals surface area contributed by atoms with Gasteiger partial charge in [0.2, 0.25) is 0 Å². The lowest BCUT2D eigenvalue weighted by Gasteiger charge is -2.24. The number of ketones is 1. The van der Waals surface area contributed by atoms with E-state index in [1.54, 1.807) is 43.5 Å². The third-order valence-electron chi connectivity index (χ3n) is 6.17. The number of hydrogen-bond donors (Lipinski definition) is 3. The molecule has 0 radical (unpaired) electrons. The number of aromatic hydroxyl groups is 3. The fourth-order valence-corrected chi connectivity index (χ4v) is 4.39. The van der Waals surface area contributed by atoms with Crippen molar-refractivity contribution in [2.24, 2.45) is 0 Å². The van der Waals surface area contributed by atoms with Crippen molar-refractivity contribution in [2.45, 2.75) is 38.9 Å². The number of hydrogen-bond acceptors (Lipinski definition) is 8. The summed E-state index contributed by atoms with van der Waals surface area (Å²) in [6.45, 7) is 3.10. The number of fused-ring (bicyclic) bond motifs is 1. The van der Waals surface area contributed by atoms with Crippen LogP contribution < -0.4 is 0 Å². The van der Waals surface area contributed by atoms with Crippen molar-refractivity contribution in [3.05, 3.63) is 81.7 Å². The number of phenolic OH excluding ortho intramolecular Hbond substituents is 2. The van der Waals surface area contributed by atoms with Gasteiger partial charge < -0.3 is 24.8 Å². The highest BCUT2D eigenvalue weighted by Gasteiger charge is 2.36. The van der Waals surface area contributed by atoms with Gasteiger partial charge in [0.1, 0.15) is 23.4 Å². The zero-order valence-corrected chi connectivity index (χ0v) is 19.0. The maximum atomic E-state index is 12.5. The number of ether oxygens (including phenoxy) is 2. The second-order valence-electron chi connectivity index (χ2n) is 8.25. The minimum Gasteiger partial charge on any atom is -0.507 e. The van der Waals surface area contributed by atoms with Crippen LogP contribution in [0.5, 0.6) is 17.2 Å². The van der Waals surface area contributed by atoms with E-state index in [0.29, 0.717) is 22.4 Å². The molecule has 4 rings (SSSR count). The van der Waals surface area contributed by atoms with Crippen molar-refractivity contribution in [3.8, 4) is 17.2 Å². The second-order valence-corrected chi connectivity index (χ2v) is 8.25. The van der Waals surface area contributed by atoms with Crippen molar-refractivity contribution >= 4 is 11.8 Å². The number of aryl methyl sites for hydroxylation is 1. The van der Waals surface area contributed by atoms with Crippen molar-refractivity contribution in [2.75, 3.05) is 7.11 Å². The lowest BCUT2D eigenvalue weighted by molar-refractivity contribution is -0.140. The first-order valence-corrected chi connectivity index (χ1v) is 10.7. The summed E-state index contributed by atoms with van der Waals surface area (Å²) in [4.78, 5) is 28.9. The zero-order valence-electron chi connectivity index (χ0n) is 19.0. The summed E-state index contributed by atoms with van der Waals surface area (Å²) in [5, 5.41) is 33.2. The molecule has 0 saturated carbocycles. The normalized spacial score (nSPS) is 15.6. The molecule has 0 amide bonds. The van der Waals surface area contributed by atoms with Crippen LogP contribution in [0.3, 0.4) is 0 Å². The highest BCUT2D eigenvalue weighted by atomic mass is 16.5. The fourth-order valence-electron chi connectivity index (χ4n) is 4.39. The molecule has 1 aromatic heterocycles. The summed E-state index contributed by atoms with van der Waals surface area (Å²) in [6.07, 6.45) is 0.515. The Morgan fingerprint density at radius 3 is 2.50 bits per heavy atom. The molecule has 8 heteroatoms. The number of phenols is 2. The van der Waals surface area contributed by atoms with E-state index in [4.69, 9.17) is 9.47 Å². The van der Waals surface area contributed by atoms with Crippen LogP contribution in [0, 0.1) is 6.92 Å². The smallest absolute Gasteiger partial charge is 0.306 e. The Morgan fingerprint density at radius 2 is 1.85 bits per heavy atom. The number of pyridine rings is 1. The summed E-state index contributed by atoms with van der Waals surface area (Å²) in [5.74, 6) is -2.60. The first-order chi connectivity index (χ1) is 16.2. The average Bonchev–Trinajstić information content (AvgIpc) is 3.25. The number of nitrogens with zero attached hydrogens (tertiary/aromatic N) is 1. The Bertz CT molecular complexity index is 1270. The minimum absolute atomic E-state index is 0.0154. The third-order valence-corrected chi connectivity index (χ3v) is 6.17. The molecular weight excluding hydrogens is 438 g/mol. The maximum absolute atomic E-state index is 12.5. The molecule has 176 valence electrons. The van der Waals surface area contributed by atoms with Crippen LogP contribution >= 0.6 is 0 Å². The van der Waals surface area contributed by atoms with Crippen LogP contribution in [0.4, 0.5) is 0 Å². The number of aromatic nitrogens is 1. The highest BCUT2D eigenvalue weighted by Crippen LogP contribution is 2.50. The molecule has 0 spiro atoms. The minimum atomic E-state index is -0.899. The van der Waals surface area contributed by atoms with Crippen molar-refractivity contribution in [1.29, 1.82) is 0 Å². The van der Waals surface area contributed by atoms with Crippen LogP contribution in [-0.4, -0.2) is 39.2 Å². The van der Waals surface area contributed by atoms with Gasteiger partial charge in [0.25, 0.3) is 0 Å². The van der Waals surface area contributed by atoms with Gasteiger partial charge in [0.15, 0.2) is 5.78 Å². The number of Topliss-reactive ketones (excluding diaryl/α,β-unsaturated/α-hetero) is 1. The van der Waals surface area contributed by atoms with E-state index >= 15 is 0 Å². The predicted molar refractivity (Wildman–Crippen MR) is 122 cm³/mol. The molecular formula is C26H25NO7. The number of rotatable bonds is 6. The van der Waals surface area contributed by atoms with E-state index in [-0.39, 0.29) is 41.2 Å². The molecule has 3 N–H and O–H groups in total. The molecule has 0 saturated heterocycles.